The van der Waals surface area contributed by atoms with Gasteiger partial charge in [-0.3, -0.25) is 4.98 Å². The average Bonchev–Trinajstić information content (AvgIpc) is 2.96. The first-order chi connectivity index (χ1) is 12.6. The number of pyridine rings is 1. The lowest BCUT2D eigenvalue weighted by atomic mass is 10.0. The van der Waals surface area contributed by atoms with Crippen LogP contribution in [0.3, 0.4) is 0 Å². The molecule has 0 amide bonds. The van der Waals surface area contributed by atoms with Crippen LogP contribution in [0.5, 0.6) is 0 Å². The third-order valence-electron chi connectivity index (χ3n) is 3.86. The fraction of sp³-hybridized carbons (Fsp3) is 0.167. The van der Waals surface area contributed by atoms with Crippen LogP contribution in [0.1, 0.15) is 32.9 Å². The Morgan fingerprint density at radius 2 is 1.96 bits per heavy atom. The van der Waals surface area contributed by atoms with Gasteiger partial charge >= 0.3 is 12.1 Å². The van der Waals surface area contributed by atoms with Gasteiger partial charge in [-0.2, -0.15) is 18.3 Å². The number of halogens is 4. The minimum absolute atomic E-state index is 0.0271. The van der Waals surface area contributed by atoms with Gasteiger partial charge in [0.25, 0.3) is 0 Å². The van der Waals surface area contributed by atoms with Crippen LogP contribution in [-0.2, 0) is 12.6 Å². The van der Waals surface area contributed by atoms with Crippen molar-refractivity contribution in [3.63, 3.8) is 0 Å². The molecule has 27 heavy (non-hydrogen) atoms. The Morgan fingerprint density at radius 3 is 2.59 bits per heavy atom. The second kappa shape index (κ2) is 6.82. The summed E-state index contributed by atoms with van der Waals surface area (Å²) < 4.78 is 53.4. The molecule has 0 unspecified atom stereocenters. The van der Waals surface area contributed by atoms with Gasteiger partial charge in [-0.1, -0.05) is 0 Å². The lowest BCUT2D eigenvalue weighted by Gasteiger charge is -2.10. The molecule has 9 heteroatoms. The molecular weight excluding hydrogens is 366 g/mol. The molecule has 140 valence electrons. The minimum Gasteiger partial charge on any atom is -0.478 e. The van der Waals surface area contributed by atoms with Crippen molar-refractivity contribution in [3.05, 3.63) is 76.6 Å². The van der Waals surface area contributed by atoms with Crippen molar-refractivity contribution >= 4 is 5.97 Å². The summed E-state index contributed by atoms with van der Waals surface area (Å²) in [5.74, 6) is -2.10. The maximum atomic E-state index is 13.5. The fourth-order valence-corrected chi connectivity index (χ4v) is 2.63. The predicted octanol–water partition coefficient (Wildman–Crippen LogP) is 4.02. The summed E-state index contributed by atoms with van der Waals surface area (Å²) in [6, 6.07) is 5.46. The Kier molecular flexibility index (Phi) is 4.69. The molecule has 0 bridgehead atoms. The zero-order valence-corrected chi connectivity index (χ0v) is 14.0. The molecule has 5 nitrogen and oxygen atoms in total. The van der Waals surface area contributed by atoms with E-state index in [0.717, 1.165) is 12.1 Å². The molecule has 0 fully saturated rings. The second-order valence-corrected chi connectivity index (χ2v) is 5.91. The number of rotatable bonds is 4. The monoisotopic (exact) mass is 379 g/mol. The quantitative estimate of drug-likeness (QED) is 0.695. The summed E-state index contributed by atoms with van der Waals surface area (Å²) in [5, 5.41) is 13.2. The van der Waals surface area contributed by atoms with Crippen molar-refractivity contribution in [1.82, 2.24) is 14.8 Å². The van der Waals surface area contributed by atoms with Crippen LogP contribution in [0.2, 0.25) is 0 Å². The maximum absolute atomic E-state index is 13.5. The number of hydrogen-bond donors (Lipinski definition) is 1. The van der Waals surface area contributed by atoms with Gasteiger partial charge in [-0.05, 0) is 42.8 Å². The number of hydrogen-bond acceptors (Lipinski definition) is 3. The van der Waals surface area contributed by atoms with E-state index in [1.54, 1.807) is 19.1 Å². The van der Waals surface area contributed by atoms with E-state index in [9.17, 15) is 22.4 Å². The highest BCUT2D eigenvalue weighted by Crippen LogP contribution is 2.31. The summed E-state index contributed by atoms with van der Waals surface area (Å²) in [4.78, 5) is 15.2. The molecule has 0 spiro atoms. The number of carboxylic acids is 1. The van der Waals surface area contributed by atoms with Crippen molar-refractivity contribution in [2.75, 3.05) is 0 Å². The van der Waals surface area contributed by atoms with E-state index in [1.807, 2.05) is 0 Å². The van der Waals surface area contributed by atoms with E-state index >= 15 is 0 Å². The van der Waals surface area contributed by atoms with E-state index in [0.29, 0.717) is 23.1 Å². The van der Waals surface area contributed by atoms with Gasteiger partial charge in [-0.15, -0.1) is 0 Å². The largest absolute Gasteiger partial charge is 0.478 e. The molecule has 0 aliphatic carbocycles. The Bertz CT molecular complexity index is 1010. The summed E-state index contributed by atoms with van der Waals surface area (Å²) in [6.45, 7) is 1.55. The molecule has 3 rings (SSSR count). The Labute approximate surface area is 150 Å². The van der Waals surface area contributed by atoms with E-state index in [4.69, 9.17) is 5.11 Å². The van der Waals surface area contributed by atoms with Gasteiger partial charge in [0, 0.05) is 24.5 Å². The predicted molar refractivity (Wildman–Crippen MR) is 87.3 cm³/mol. The number of carboxylic acid groups (broad SMARTS) is 1. The van der Waals surface area contributed by atoms with Crippen LogP contribution in [0, 0.1) is 12.7 Å². The van der Waals surface area contributed by atoms with Gasteiger partial charge in [0.05, 0.1) is 16.9 Å². The zero-order valence-electron chi connectivity index (χ0n) is 14.0. The minimum atomic E-state index is -4.65. The van der Waals surface area contributed by atoms with Crippen molar-refractivity contribution in [2.24, 2.45) is 0 Å². The highest BCUT2D eigenvalue weighted by atomic mass is 19.4. The Balaban J connectivity index is 1.92. The number of aromatic nitrogens is 3. The van der Waals surface area contributed by atoms with Crippen molar-refractivity contribution in [1.29, 1.82) is 0 Å². The standard InChI is InChI=1S/C18H13F4N3O2/c1-10-16(17(26)27)9-25(24-10)15-2-3-23-14(8-15)6-11-4-12(18(20,21)22)7-13(19)5-11/h2-5,7-9H,6H2,1H3,(H,26,27). The molecule has 1 N–H and O–H groups in total. The number of aromatic carboxylic acids is 1. The van der Waals surface area contributed by atoms with E-state index in [1.165, 1.54) is 17.1 Å². The Hall–Kier alpha value is -3.23. The molecule has 0 radical (unpaired) electrons. The zero-order chi connectivity index (χ0) is 19.8. The van der Waals surface area contributed by atoms with Crippen LogP contribution in [0.4, 0.5) is 17.6 Å². The second-order valence-electron chi connectivity index (χ2n) is 5.91. The first-order valence-electron chi connectivity index (χ1n) is 7.75. The summed E-state index contributed by atoms with van der Waals surface area (Å²) in [5.41, 5.74) is 0.283. The summed E-state index contributed by atoms with van der Waals surface area (Å²) in [7, 11) is 0. The van der Waals surface area contributed by atoms with Crippen LogP contribution in [-0.4, -0.2) is 25.8 Å². The Morgan fingerprint density at radius 1 is 1.22 bits per heavy atom. The number of carbonyl (C=O) groups is 1. The van der Waals surface area contributed by atoms with Gasteiger partial charge < -0.3 is 5.11 Å². The number of nitrogens with zero attached hydrogens (tertiary/aromatic N) is 3. The number of alkyl halides is 3. The third-order valence-corrected chi connectivity index (χ3v) is 3.86. The molecule has 0 aliphatic rings. The number of aryl methyl sites for hydroxylation is 1. The molecule has 0 aliphatic heterocycles. The van der Waals surface area contributed by atoms with E-state index < -0.39 is 23.5 Å². The summed E-state index contributed by atoms with van der Waals surface area (Å²) >= 11 is 0. The molecule has 0 saturated heterocycles. The molecule has 2 heterocycles. The fourth-order valence-electron chi connectivity index (χ4n) is 2.63. The van der Waals surface area contributed by atoms with E-state index in [2.05, 4.69) is 10.1 Å². The van der Waals surface area contributed by atoms with Gasteiger partial charge in [0.2, 0.25) is 0 Å². The molecular formula is C18H13F4N3O2. The molecule has 2 aromatic heterocycles. The van der Waals surface area contributed by atoms with Crippen LogP contribution >= 0.6 is 0 Å². The normalized spacial score (nSPS) is 11.6. The molecule has 3 aromatic rings. The van der Waals surface area contributed by atoms with Gasteiger partial charge in [0.15, 0.2) is 0 Å². The summed E-state index contributed by atoms with van der Waals surface area (Å²) in [6.07, 6.45) is -1.92. The molecule has 0 saturated carbocycles. The van der Waals surface area contributed by atoms with Crippen LogP contribution in [0.25, 0.3) is 5.69 Å². The van der Waals surface area contributed by atoms with Crippen molar-refractivity contribution in [3.8, 4) is 5.69 Å². The number of benzene rings is 1. The van der Waals surface area contributed by atoms with E-state index in [-0.39, 0.29) is 17.5 Å². The van der Waals surface area contributed by atoms with Gasteiger partial charge in [0.1, 0.15) is 11.4 Å². The topological polar surface area (TPSA) is 68.0 Å². The maximum Gasteiger partial charge on any atom is 0.416 e. The van der Waals surface area contributed by atoms with Crippen LogP contribution in [0.15, 0.2) is 42.7 Å². The molecule has 0 atom stereocenters. The molecule has 1 aromatic carbocycles. The third kappa shape index (κ3) is 4.13. The highest BCUT2D eigenvalue weighted by molar-refractivity contribution is 5.88. The lowest BCUT2D eigenvalue weighted by molar-refractivity contribution is -0.137. The SMILES string of the molecule is Cc1nn(-c2ccnc(Cc3cc(F)cc(C(F)(F)F)c3)c2)cc1C(=O)O. The highest BCUT2D eigenvalue weighted by Gasteiger charge is 2.31. The van der Waals surface area contributed by atoms with Gasteiger partial charge in [-0.25, -0.2) is 13.9 Å². The average molecular weight is 379 g/mol. The lowest BCUT2D eigenvalue weighted by Crippen LogP contribution is -2.07. The van der Waals surface area contributed by atoms with Crippen LogP contribution < -0.4 is 0 Å². The van der Waals surface area contributed by atoms with Crippen molar-refractivity contribution < 1.29 is 27.5 Å². The first kappa shape index (κ1) is 18.6. The van der Waals surface area contributed by atoms with Crippen molar-refractivity contribution in [2.45, 2.75) is 19.5 Å². The first-order valence-corrected chi connectivity index (χ1v) is 7.75. The smallest absolute Gasteiger partial charge is 0.416 e.